The van der Waals surface area contributed by atoms with Gasteiger partial charge < -0.3 is 0 Å². The van der Waals surface area contributed by atoms with Gasteiger partial charge in [0.25, 0.3) is 0 Å². The molecule has 1 N–H and O–H groups in total. The van der Waals surface area contributed by atoms with Gasteiger partial charge in [0.2, 0.25) is 21.1 Å². The quantitative estimate of drug-likeness (QED) is 0.636. The van der Waals surface area contributed by atoms with Gasteiger partial charge in [0.05, 0.1) is 11.9 Å². The molecule has 10 heteroatoms. The lowest BCUT2D eigenvalue weighted by molar-refractivity contribution is -0.116. The minimum Gasteiger partial charge on any atom is -0.299 e. The number of aromatic nitrogens is 2. The van der Waals surface area contributed by atoms with Crippen LogP contribution in [0.15, 0.2) is 54.6 Å². The van der Waals surface area contributed by atoms with Crippen molar-refractivity contribution >= 4 is 49.7 Å². The van der Waals surface area contributed by atoms with Crippen molar-refractivity contribution in [3.05, 3.63) is 59.6 Å². The Kier molecular flexibility index (Phi) is 5.97. The number of carbonyl (C=O) groups excluding carboxylic acids is 1. The molecule has 0 bridgehead atoms. The molecule has 0 saturated heterocycles. The Morgan fingerprint density at radius 1 is 1.11 bits per heavy atom. The van der Waals surface area contributed by atoms with Crippen LogP contribution in [0.5, 0.6) is 0 Å². The van der Waals surface area contributed by atoms with Crippen LogP contribution in [0, 0.1) is 0 Å². The molecule has 1 amide bonds. The highest BCUT2D eigenvalue weighted by Crippen LogP contribution is 2.28. The minimum absolute atomic E-state index is 0.281. The van der Waals surface area contributed by atoms with E-state index >= 15 is 0 Å². The number of hydrogen-bond acceptors (Lipinski definition) is 6. The van der Waals surface area contributed by atoms with Gasteiger partial charge in [-0.3, -0.25) is 14.4 Å². The lowest BCUT2D eigenvalue weighted by Crippen LogP contribution is -2.45. The van der Waals surface area contributed by atoms with E-state index in [1.165, 1.54) is 18.3 Å². The molecule has 0 aliphatic carbocycles. The zero-order chi connectivity index (χ0) is 20.3. The summed E-state index contributed by atoms with van der Waals surface area (Å²) in [5.41, 5.74) is 1.23. The van der Waals surface area contributed by atoms with E-state index < -0.39 is 22.0 Å². The van der Waals surface area contributed by atoms with Crippen LogP contribution in [-0.4, -0.2) is 36.8 Å². The van der Waals surface area contributed by atoms with Gasteiger partial charge in [-0.2, -0.15) is 0 Å². The molecule has 1 heterocycles. The average Bonchev–Trinajstić information content (AvgIpc) is 3.10. The smallest absolute Gasteiger partial charge is 0.249 e. The number of hydrogen-bond donors (Lipinski definition) is 1. The summed E-state index contributed by atoms with van der Waals surface area (Å²) in [6, 6.07) is 14.6. The van der Waals surface area contributed by atoms with Crippen molar-refractivity contribution < 1.29 is 13.2 Å². The van der Waals surface area contributed by atoms with Crippen LogP contribution in [0.25, 0.3) is 10.6 Å². The predicted molar refractivity (Wildman–Crippen MR) is 112 cm³/mol. The third kappa shape index (κ3) is 4.67. The first kappa shape index (κ1) is 20.2. The van der Waals surface area contributed by atoms with Crippen LogP contribution in [0.2, 0.25) is 5.02 Å². The van der Waals surface area contributed by atoms with Crippen molar-refractivity contribution in [2.45, 2.75) is 13.0 Å². The first-order valence-corrected chi connectivity index (χ1v) is 11.2. The summed E-state index contributed by atoms with van der Waals surface area (Å²) in [6.45, 7) is 1.52. The summed E-state index contributed by atoms with van der Waals surface area (Å²) in [6.07, 6.45) is 1.06. The lowest BCUT2D eigenvalue weighted by atomic mass is 10.2. The summed E-state index contributed by atoms with van der Waals surface area (Å²) < 4.78 is 25.6. The van der Waals surface area contributed by atoms with Gasteiger partial charge in [-0.1, -0.05) is 53.3 Å². The summed E-state index contributed by atoms with van der Waals surface area (Å²) >= 11 is 7.07. The summed E-state index contributed by atoms with van der Waals surface area (Å²) in [4.78, 5) is 12.7. The Bertz CT molecular complexity index is 1070. The highest BCUT2D eigenvalue weighted by molar-refractivity contribution is 7.92. The Labute approximate surface area is 172 Å². The number of nitrogens with one attached hydrogen (secondary N) is 1. The first-order chi connectivity index (χ1) is 13.3. The standard InChI is InChI=1S/C18H17ClN4O3S2/c1-12(23(28(2,25)26)15-6-4-3-5-7-15)16(24)20-18-22-21-17(27-18)13-8-10-14(19)11-9-13/h3-12H,1-2H3,(H,20,22,24)/t12-/m1/s1. The predicted octanol–water partition coefficient (Wildman–Crippen LogP) is 3.65. The molecule has 0 fully saturated rings. The van der Waals surface area contributed by atoms with Crippen molar-refractivity contribution in [3.8, 4) is 10.6 Å². The number of rotatable bonds is 6. The van der Waals surface area contributed by atoms with Crippen LogP contribution in [0.4, 0.5) is 10.8 Å². The molecular formula is C18H17ClN4O3S2. The molecule has 28 heavy (non-hydrogen) atoms. The summed E-state index contributed by atoms with van der Waals surface area (Å²) in [5.74, 6) is -0.506. The Balaban J connectivity index is 1.79. The number of sulfonamides is 1. The van der Waals surface area contributed by atoms with Crippen molar-refractivity contribution in [2.24, 2.45) is 0 Å². The number of amides is 1. The highest BCUT2D eigenvalue weighted by Gasteiger charge is 2.29. The number of benzene rings is 2. The maximum Gasteiger partial charge on any atom is 0.249 e. The first-order valence-electron chi connectivity index (χ1n) is 8.20. The second kappa shape index (κ2) is 8.26. The number of halogens is 1. The molecule has 7 nitrogen and oxygen atoms in total. The molecule has 1 atom stereocenters. The van der Waals surface area contributed by atoms with E-state index in [1.807, 2.05) is 0 Å². The van der Waals surface area contributed by atoms with Crippen LogP contribution in [0.1, 0.15) is 6.92 Å². The molecule has 2 aromatic carbocycles. The Morgan fingerprint density at radius 2 is 1.75 bits per heavy atom. The number of nitrogens with zero attached hydrogens (tertiary/aromatic N) is 3. The zero-order valence-corrected chi connectivity index (χ0v) is 17.4. The van der Waals surface area contributed by atoms with E-state index in [0.717, 1.165) is 16.1 Å². The van der Waals surface area contributed by atoms with Crippen molar-refractivity contribution in [2.75, 3.05) is 15.9 Å². The van der Waals surface area contributed by atoms with Gasteiger partial charge in [-0.25, -0.2) is 8.42 Å². The van der Waals surface area contributed by atoms with E-state index in [-0.39, 0.29) is 5.13 Å². The normalized spacial score (nSPS) is 12.4. The van der Waals surface area contributed by atoms with E-state index in [4.69, 9.17) is 11.6 Å². The van der Waals surface area contributed by atoms with Crippen LogP contribution >= 0.6 is 22.9 Å². The van der Waals surface area contributed by atoms with E-state index in [2.05, 4.69) is 15.5 Å². The molecule has 0 aliphatic heterocycles. The topological polar surface area (TPSA) is 92.3 Å². The third-order valence-electron chi connectivity index (χ3n) is 3.85. The van der Waals surface area contributed by atoms with E-state index in [0.29, 0.717) is 15.7 Å². The number of para-hydroxylation sites is 1. The fourth-order valence-corrected chi connectivity index (χ4v) is 4.63. The summed E-state index contributed by atoms with van der Waals surface area (Å²) in [5, 5.41) is 12.2. The zero-order valence-electron chi connectivity index (χ0n) is 15.0. The van der Waals surface area contributed by atoms with Crippen LogP contribution in [0.3, 0.4) is 0 Å². The third-order valence-corrected chi connectivity index (χ3v) is 6.23. The molecule has 0 aliphatic rings. The van der Waals surface area contributed by atoms with Crippen molar-refractivity contribution in [1.82, 2.24) is 10.2 Å². The second-order valence-electron chi connectivity index (χ2n) is 5.98. The van der Waals surface area contributed by atoms with Crippen LogP contribution < -0.4 is 9.62 Å². The largest absolute Gasteiger partial charge is 0.299 e. The molecule has 0 saturated carbocycles. The fourth-order valence-electron chi connectivity index (χ4n) is 2.58. The van der Waals surface area contributed by atoms with Gasteiger partial charge in [0.15, 0.2) is 0 Å². The monoisotopic (exact) mass is 436 g/mol. The second-order valence-corrected chi connectivity index (χ2v) is 9.25. The van der Waals surface area contributed by atoms with Crippen molar-refractivity contribution in [1.29, 1.82) is 0 Å². The van der Waals surface area contributed by atoms with Gasteiger partial charge in [-0.05, 0) is 31.2 Å². The van der Waals surface area contributed by atoms with Gasteiger partial charge >= 0.3 is 0 Å². The SMILES string of the molecule is C[C@H](C(=O)Nc1nnc(-c2ccc(Cl)cc2)s1)N(c1ccccc1)S(C)(=O)=O. The highest BCUT2D eigenvalue weighted by atomic mass is 35.5. The fraction of sp³-hybridized carbons (Fsp3) is 0.167. The molecule has 1 aromatic heterocycles. The molecule has 3 rings (SSSR count). The number of carbonyl (C=O) groups is 1. The van der Waals surface area contributed by atoms with Gasteiger partial charge in [-0.15, -0.1) is 10.2 Å². The van der Waals surface area contributed by atoms with Gasteiger partial charge in [0.1, 0.15) is 11.0 Å². The molecular weight excluding hydrogens is 420 g/mol. The molecule has 0 spiro atoms. The maximum absolute atomic E-state index is 12.7. The molecule has 0 unspecified atom stereocenters. The van der Waals surface area contributed by atoms with Gasteiger partial charge in [0, 0.05) is 10.6 Å². The Hall–Kier alpha value is -2.49. The van der Waals surface area contributed by atoms with Crippen LogP contribution in [-0.2, 0) is 14.8 Å². The molecule has 146 valence electrons. The molecule has 0 radical (unpaired) electrons. The Morgan fingerprint density at radius 3 is 2.36 bits per heavy atom. The maximum atomic E-state index is 12.7. The van der Waals surface area contributed by atoms with Crippen molar-refractivity contribution in [3.63, 3.8) is 0 Å². The molecule has 3 aromatic rings. The van der Waals surface area contributed by atoms with E-state index in [1.54, 1.807) is 54.6 Å². The lowest BCUT2D eigenvalue weighted by Gasteiger charge is -2.27. The minimum atomic E-state index is -3.67. The average molecular weight is 437 g/mol. The summed E-state index contributed by atoms with van der Waals surface area (Å²) in [7, 11) is -3.67. The number of anilines is 2. The van der Waals surface area contributed by atoms with E-state index in [9.17, 15) is 13.2 Å².